The van der Waals surface area contributed by atoms with Gasteiger partial charge in [-0.3, -0.25) is 14.4 Å². The predicted molar refractivity (Wildman–Crippen MR) is 153 cm³/mol. The van der Waals surface area contributed by atoms with E-state index in [0.717, 1.165) is 0 Å². The lowest BCUT2D eigenvalue weighted by molar-refractivity contribution is -0.162. The Morgan fingerprint density at radius 2 is 1.65 bits per heavy atom. The average molecular weight is 613 g/mol. The van der Waals surface area contributed by atoms with Gasteiger partial charge in [0.2, 0.25) is 22.4 Å². The molecule has 0 spiro atoms. The van der Waals surface area contributed by atoms with Crippen LogP contribution >= 0.6 is 0 Å². The molecule has 0 aliphatic carbocycles. The van der Waals surface area contributed by atoms with Crippen molar-refractivity contribution in [2.24, 2.45) is 15.9 Å². The Morgan fingerprint density at radius 3 is 2.26 bits per heavy atom. The van der Waals surface area contributed by atoms with Gasteiger partial charge in [0.15, 0.2) is 11.5 Å². The molecule has 3 amide bonds. The van der Waals surface area contributed by atoms with Crippen LogP contribution in [0, 0.1) is 0 Å². The van der Waals surface area contributed by atoms with E-state index < -0.39 is 52.2 Å². The van der Waals surface area contributed by atoms with Gasteiger partial charge < -0.3 is 36.3 Å². The number of ether oxygens (including phenoxy) is 1. The molecule has 1 fully saturated rings. The van der Waals surface area contributed by atoms with Gasteiger partial charge in [-0.05, 0) is 38.0 Å². The number of nitrogens with one attached hydrogen (secondary N) is 2. The second-order valence-corrected chi connectivity index (χ2v) is 10.5. The number of nitrogens with two attached hydrogens (primary N) is 1. The number of amidine groups is 1. The number of oxime groups is 1. The van der Waals surface area contributed by atoms with Crippen molar-refractivity contribution >= 4 is 56.1 Å². The number of rotatable bonds is 9. The van der Waals surface area contributed by atoms with Crippen molar-refractivity contribution in [1.82, 2.24) is 15.5 Å². The SMILES string of the molecule is CC(NC(=O)c1ccc(/C(N)=N/O)cc1)C(=O)N1CCC(OC(NC(=O)C2=Nc3ccccc3C2=S(=O)=O)C(=O)O)CC1. The number of hydrogen-bond acceptors (Lipinski definition) is 10. The number of nitrogens with zero attached hydrogens (tertiary/aromatic N) is 3. The molecule has 0 saturated carbocycles. The zero-order chi connectivity index (χ0) is 31.3. The largest absolute Gasteiger partial charge is 0.478 e. The number of aliphatic imine (C=N–C) groups is 1. The maximum Gasteiger partial charge on any atom is 0.354 e. The number of fused-ring (bicyclic) bond motifs is 1. The summed E-state index contributed by atoms with van der Waals surface area (Å²) in [6.07, 6.45) is -1.94. The first kappa shape index (κ1) is 30.9. The standard InChI is InChI=1S/C27H28N6O9S/c1-14(29-23(34)16-8-6-15(7-9-16)22(28)32-39)26(36)33-12-10-17(11-13-33)42-25(27(37)38)31-24(35)20-21(43(40)41)18-4-2-3-5-19(18)30-20/h2-9,14,17,25,39H,10-13H2,1H3,(H2,28,32)(H,29,34)(H,31,35)(H,37,38). The van der Waals surface area contributed by atoms with Crippen molar-refractivity contribution in [3.63, 3.8) is 0 Å². The topological polar surface area (TPSA) is 230 Å². The minimum Gasteiger partial charge on any atom is -0.478 e. The third-order valence-corrected chi connectivity index (χ3v) is 7.56. The molecule has 0 radical (unpaired) electrons. The summed E-state index contributed by atoms with van der Waals surface area (Å²) in [4.78, 5) is 55.5. The molecule has 0 aromatic heterocycles. The minimum absolute atomic E-state index is 0.112. The zero-order valence-electron chi connectivity index (χ0n) is 22.8. The molecule has 43 heavy (non-hydrogen) atoms. The van der Waals surface area contributed by atoms with Gasteiger partial charge in [-0.2, -0.15) is 8.42 Å². The molecular formula is C27H28N6O9S. The molecule has 16 heteroatoms. The lowest BCUT2D eigenvalue weighted by Gasteiger charge is -2.34. The first-order valence-corrected chi connectivity index (χ1v) is 14.1. The van der Waals surface area contributed by atoms with Crippen molar-refractivity contribution in [2.45, 2.75) is 38.1 Å². The van der Waals surface area contributed by atoms with Crippen LogP contribution in [0.3, 0.4) is 0 Å². The Bertz CT molecular complexity index is 1640. The van der Waals surface area contributed by atoms with E-state index in [0.29, 0.717) is 5.56 Å². The van der Waals surface area contributed by atoms with E-state index in [4.69, 9.17) is 15.7 Å². The van der Waals surface area contributed by atoms with Crippen LogP contribution in [0.15, 0.2) is 58.7 Å². The maximum absolute atomic E-state index is 12.9. The van der Waals surface area contributed by atoms with E-state index in [2.05, 4.69) is 20.8 Å². The van der Waals surface area contributed by atoms with Gasteiger partial charge in [0, 0.05) is 29.8 Å². The second-order valence-electron chi connectivity index (χ2n) is 9.65. The molecule has 15 nitrogen and oxygen atoms in total. The number of carboxylic acids is 1. The van der Waals surface area contributed by atoms with Gasteiger partial charge in [-0.15, -0.1) is 0 Å². The number of likely N-dealkylation sites (tertiary alicyclic amines) is 1. The monoisotopic (exact) mass is 612 g/mol. The molecule has 2 unspecified atom stereocenters. The second kappa shape index (κ2) is 13.3. The molecule has 2 atom stereocenters. The summed E-state index contributed by atoms with van der Waals surface area (Å²) >= 11 is 0. The summed E-state index contributed by atoms with van der Waals surface area (Å²) in [6, 6.07) is 11.3. The average Bonchev–Trinajstić information content (AvgIpc) is 3.40. The fraction of sp³-hybridized carbons (Fsp3) is 0.296. The predicted octanol–water partition coefficient (Wildman–Crippen LogP) is -0.380. The van der Waals surface area contributed by atoms with Crippen LogP contribution in [0.25, 0.3) is 0 Å². The normalized spacial score (nSPS) is 16.5. The zero-order valence-corrected chi connectivity index (χ0v) is 23.6. The first-order chi connectivity index (χ1) is 20.5. The molecular weight excluding hydrogens is 584 g/mol. The highest BCUT2D eigenvalue weighted by Crippen LogP contribution is 2.26. The van der Waals surface area contributed by atoms with Crippen molar-refractivity contribution in [3.05, 3.63) is 65.2 Å². The van der Waals surface area contributed by atoms with Crippen LogP contribution < -0.4 is 16.4 Å². The highest BCUT2D eigenvalue weighted by molar-refractivity contribution is 7.76. The van der Waals surface area contributed by atoms with E-state index >= 15 is 0 Å². The van der Waals surface area contributed by atoms with Gasteiger partial charge >= 0.3 is 5.97 Å². The summed E-state index contributed by atoms with van der Waals surface area (Å²) in [7, 11) is -2.81. The molecule has 1 saturated heterocycles. The number of carbonyl (C=O) groups is 4. The van der Waals surface area contributed by atoms with Crippen molar-refractivity contribution in [3.8, 4) is 0 Å². The van der Waals surface area contributed by atoms with Crippen molar-refractivity contribution in [1.29, 1.82) is 0 Å². The summed E-state index contributed by atoms with van der Waals surface area (Å²) in [6.45, 7) is 1.94. The fourth-order valence-corrected chi connectivity index (χ4v) is 5.24. The Morgan fingerprint density at radius 1 is 1.02 bits per heavy atom. The highest BCUT2D eigenvalue weighted by Gasteiger charge is 2.34. The fourth-order valence-electron chi connectivity index (χ4n) is 4.60. The Kier molecular flexibility index (Phi) is 9.52. The van der Waals surface area contributed by atoms with Gasteiger partial charge in [0.25, 0.3) is 11.8 Å². The third kappa shape index (κ3) is 7.04. The number of aliphatic carboxylic acids is 1. The van der Waals surface area contributed by atoms with E-state index in [1.54, 1.807) is 12.1 Å². The summed E-state index contributed by atoms with van der Waals surface area (Å²) in [5.74, 6) is -3.49. The van der Waals surface area contributed by atoms with Crippen LogP contribution in [0.2, 0.25) is 0 Å². The van der Waals surface area contributed by atoms with Crippen LogP contribution in [0.5, 0.6) is 0 Å². The Labute approximate surface area is 246 Å². The molecule has 4 rings (SSSR count). The highest BCUT2D eigenvalue weighted by atomic mass is 32.2. The molecule has 2 aromatic carbocycles. The van der Waals surface area contributed by atoms with E-state index in [-0.39, 0.29) is 59.4 Å². The molecule has 2 aromatic rings. The van der Waals surface area contributed by atoms with Crippen LogP contribution in [0.1, 0.15) is 41.3 Å². The lowest BCUT2D eigenvalue weighted by Crippen LogP contribution is -2.52. The van der Waals surface area contributed by atoms with Crippen LogP contribution in [-0.2, 0) is 29.4 Å². The van der Waals surface area contributed by atoms with Gasteiger partial charge in [-0.25, -0.2) is 9.79 Å². The number of piperidine rings is 1. The first-order valence-electron chi connectivity index (χ1n) is 13.0. The third-order valence-electron chi connectivity index (χ3n) is 6.82. The molecule has 0 bridgehead atoms. The summed E-state index contributed by atoms with van der Waals surface area (Å²) in [5, 5.41) is 26.1. The Balaban J connectivity index is 1.30. The number of amides is 3. The van der Waals surface area contributed by atoms with Crippen molar-refractivity contribution < 1.29 is 42.6 Å². The lowest BCUT2D eigenvalue weighted by atomic mass is 10.1. The molecule has 2 heterocycles. The number of benzene rings is 2. The number of carbonyl (C=O) groups excluding carboxylic acids is 3. The molecule has 226 valence electrons. The number of carboxylic acid groups (broad SMARTS) is 1. The summed E-state index contributed by atoms with van der Waals surface area (Å²) in [5.41, 5.74) is 6.24. The van der Waals surface area contributed by atoms with E-state index in [1.165, 1.54) is 48.2 Å². The van der Waals surface area contributed by atoms with E-state index in [1.807, 2.05) is 0 Å². The smallest absolute Gasteiger partial charge is 0.354 e. The van der Waals surface area contributed by atoms with Gasteiger partial charge in [0.05, 0.1) is 11.8 Å². The summed E-state index contributed by atoms with van der Waals surface area (Å²) < 4.78 is 29.2. The number of hydrogen-bond donors (Lipinski definition) is 5. The number of para-hydroxylation sites is 1. The maximum atomic E-state index is 12.9. The minimum atomic E-state index is -2.81. The quantitative estimate of drug-likeness (QED) is 0.0615. The molecule has 2 aliphatic rings. The van der Waals surface area contributed by atoms with Gasteiger partial charge in [-0.1, -0.05) is 35.5 Å². The molecule has 6 N–H and O–H groups in total. The van der Waals surface area contributed by atoms with Gasteiger partial charge in [0.1, 0.15) is 10.9 Å². The van der Waals surface area contributed by atoms with Crippen molar-refractivity contribution in [2.75, 3.05) is 13.1 Å². The van der Waals surface area contributed by atoms with E-state index in [9.17, 15) is 32.7 Å². The Hall–Kier alpha value is -5.09. The molecule has 2 aliphatic heterocycles. The van der Waals surface area contributed by atoms with Crippen LogP contribution in [-0.4, -0.2) is 95.2 Å². The van der Waals surface area contributed by atoms with Crippen LogP contribution in [0.4, 0.5) is 5.69 Å².